The molecule has 2 aromatic rings. The van der Waals surface area contributed by atoms with Crippen molar-refractivity contribution in [2.45, 2.75) is 37.8 Å². The molecule has 0 saturated heterocycles. The first-order chi connectivity index (χ1) is 14.4. The van der Waals surface area contributed by atoms with Crippen LogP contribution < -0.4 is 19.5 Å². The molecule has 4 rings (SSSR count). The summed E-state index contributed by atoms with van der Waals surface area (Å²) >= 11 is 0. The van der Waals surface area contributed by atoms with Crippen LogP contribution in [0, 0.1) is 5.92 Å². The molecule has 8 nitrogen and oxygen atoms in total. The first-order valence-corrected chi connectivity index (χ1v) is 11.2. The summed E-state index contributed by atoms with van der Waals surface area (Å²) in [6.45, 7) is 4.38. The molecule has 1 amide bonds. The molecule has 0 aromatic heterocycles. The summed E-state index contributed by atoms with van der Waals surface area (Å²) in [6.07, 6.45) is 0.716. The van der Waals surface area contributed by atoms with Gasteiger partial charge in [-0.15, -0.1) is 0 Å². The van der Waals surface area contributed by atoms with Crippen molar-refractivity contribution >= 4 is 21.8 Å². The highest BCUT2D eigenvalue weighted by Gasteiger charge is 2.33. The first kappa shape index (κ1) is 20.2. The zero-order valence-electron chi connectivity index (χ0n) is 16.7. The number of hydrogen-bond donors (Lipinski definition) is 2. The number of carbonyl (C=O) groups is 1. The number of carbonyl (C=O) groups excluding carboxylic acids is 1. The number of fused-ring (bicyclic) bond motifs is 2. The summed E-state index contributed by atoms with van der Waals surface area (Å²) < 4.78 is 37.8. The Bertz CT molecular complexity index is 1110. The van der Waals surface area contributed by atoms with Crippen molar-refractivity contribution in [1.29, 1.82) is 0 Å². The van der Waals surface area contributed by atoms with Gasteiger partial charge in [0.1, 0.15) is 11.9 Å². The monoisotopic (exact) mass is 429 g/mol. The van der Waals surface area contributed by atoms with E-state index in [4.69, 9.17) is 9.47 Å². The number of amidine groups is 1. The van der Waals surface area contributed by atoms with E-state index >= 15 is 0 Å². The Morgan fingerprint density at radius 1 is 1.20 bits per heavy atom. The minimum absolute atomic E-state index is 0.0773. The Morgan fingerprint density at radius 3 is 2.77 bits per heavy atom. The summed E-state index contributed by atoms with van der Waals surface area (Å²) in [5, 5.41) is 2.90. The largest absolute Gasteiger partial charge is 0.454 e. The first-order valence-electron chi connectivity index (χ1n) is 9.75. The molecule has 0 unspecified atom stereocenters. The molecule has 2 heterocycles. The van der Waals surface area contributed by atoms with Crippen LogP contribution in [-0.4, -0.2) is 33.0 Å². The van der Waals surface area contributed by atoms with Crippen molar-refractivity contribution in [3.63, 3.8) is 0 Å². The third kappa shape index (κ3) is 3.85. The number of aliphatic imine (C=N–C) groups is 1. The highest BCUT2D eigenvalue weighted by Crippen LogP contribution is 2.32. The SMILES string of the molecule is CC[C@H](C)[C@H](N=C1NS(=O)(=O)c2ccccc21)C(=O)NCc1ccc2c(c1)OCO2. The maximum atomic E-state index is 13.0. The smallest absolute Gasteiger partial charge is 0.263 e. The lowest BCUT2D eigenvalue weighted by molar-refractivity contribution is -0.123. The molecule has 0 spiro atoms. The van der Waals surface area contributed by atoms with Gasteiger partial charge in [-0.25, -0.2) is 8.42 Å². The number of amides is 1. The van der Waals surface area contributed by atoms with E-state index in [1.807, 2.05) is 26.0 Å². The molecular formula is C21H23N3O5S. The maximum absolute atomic E-state index is 13.0. The zero-order chi connectivity index (χ0) is 21.3. The van der Waals surface area contributed by atoms with Gasteiger partial charge in [0.05, 0.1) is 4.90 Å². The highest BCUT2D eigenvalue weighted by atomic mass is 32.2. The van der Waals surface area contributed by atoms with Gasteiger partial charge < -0.3 is 14.8 Å². The predicted octanol–water partition coefficient (Wildman–Crippen LogP) is 2.18. The van der Waals surface area contributed by atoms with Gasteiger partial charge in [0.25, 0.3) is 10.0 Å². The van der Waals surface area contributed by atoms with Crippen molar-refractivity contribution in [2.24, 2.45) is 10.9 Å². The second kappa shape index (κ2) is 7.98. The second-order valence-electron chi connectivity index (χ2n) is 7.32. The molecule has 0 radical (unpaired) electrons. The number of hydrogen-bond acceptors (Lipinski definition) is 6. The van der Waals surface area contributed by atoms with Gasteiger partial charge in [0, 0.05) is 12.1 Å². The van der Waals surface area contributed by atoms with Crippen molar-refractivity contribution < 1.29 is 22.7 Å². The van der Waals surface area contributed by atoms with Crippen molar-refractivity contribution in [1.82, 2.24) is 10.0 Å². The summed E-state index contributed by atoms with van der Waals surface area (Å²) in [4.78, 5) is 17.7. The van der Waals surface area contributed by atoms with E-state index in [2.05, 4.69) is 15.0 Å². The third-order valence-corrected chi connectivity index (χ3v) is 6.68. The van der Waals surface area contributed by atoms with Crippen LogP contribution in [0.1, 0.15) is 31.4 Å². The molecule has 2 N–H and O–H groups in total. The lowest BCUT2D eigenvalue weighted by Crippen LogP contribution is -2.38. The van der Waals surface area contributed by atoms with Crippen molar-refractivity contribution in [3.05, 3.63) is 53.6 Å². The zero-order valence-corrected chi connectivity index (χ0v) is 17.5. The van der Waals surface area contributed by atoms with Crippen LogP contribution in [0.15, 0.2) is 52.4 Å². The Balaban J connectivity index is 1.54. The molecule has 30 heavy (non-hydrogen) atoms. The molecule has 9 heteroatoms. The van der Waals surface area contributed by atoms with Crippen LogP contribution in [0.2, 0.25) is 0 Å². The lowest BCUT2D eigenvalue weighted by atomic mass is 9.98. The fourth-order valence-electron chi connectivity index (χ4n) is 3.38. The number of sulfonamides is 1. The number of ether oxygens (including phenoxy) is 2. The molecule has 158 valence electrons. The van der Waals surface area contributed by atoms with E-state index in [0.29, 0.717) is 30.0 Å². The lowest BCUT2D eigenvalue weighted by Gasteiger charge is -2.19. The second-order valence-corrected chi connectivity index (χ2v) is 8.97. The molecule has 2 aromatic carbocycles. The highest BCUT2D eigenvalue weighted by molar-refractivity contribution is 7.90. The third-order valence-electron chi connectivity index (χ3n) is 5.29. The van der Waals surface area contributed by atoms with Gasteiger partial charge in [0.15, 0.2) is 11.5 Å². The molecule has 0 fully saturated rings. The Morgan fingerprint density at radius 2 is 1.97 bits per heavy atom. The minimum atomic E-state index is -3.66. The van der Waals surface area contributed by atoms with E-state index in [0.717, 1.165) is 5.56 Å². The van der Waals surface area contributed by atoms with E-state index in [9.17, 15) is 13.2 Å². The Labute approximate surface area is 175 Å². The fraction of sp³-hybridized carbons (Fsp3) is 0.333. The van der Waals surface area contributed by atoms with Gasteiger partial charge in [-0.1, -0.05) is 38.5 Å². The fourth-order valence-corrected chi connectivity index (χ4v) is 4.62. The molecule has 2 atom stereocenters. The number of nitrogens with one attached hydrogen (secondary N) is 2. The van der Waals surface area contributed by atoms with Crippen LogP contribution in [0.4, 0.5) is 0 Å². The van der Waals surface area contributed by atoms with Crippen LogP contribution in [0.25, 0.3) is 0 Å². The number of rotatable bonds is 6. The molecule has 2 aliphatic heterocycles. The van der Waals surface area contributed by atoms with E-state index in [1.54, 1.807) is 24.3 Å². The van der Waals surface area contributed by atoms with Crippen LogP contribution in [-0.2, 0) is 21.4 Å². The standard InChI is InChI=1S/C21H23N3O5S/c1-3-13(2)19(23-20-15-6-4-5-7-18(15)30(26,27)24-20)21(25)22-11-14-8-9-16-17(10-14)29-12-28-16/h4-10,13,19H,3,11-12H2,1-2H3,(H,22,25)(H,23,24)/t13-,19-/m0/s1. The van der Waals surface area contributed by atoms with E-state index < -0.39 is 16.1 Å². The summed E-state index contributed by atoms with van der Waals surface area (Å²) in [6, 6.07) is 11.4. The average Bonchev–Trinajstić information content (AvgIpc) is 3.31. The van der Waals surface area contributed by atoms with Crippen LogP contribution in [0.3, 0.4) is 0 Å². The van der Waals surface area contributed by atoms with Gasteiger partial charge >= 0.3 is 0 Å². The Hall–Kier alpha value is -3.07. The predicted molar refractivity (Wildman–Crippen MR) is 111 cm³/mol. The van der Waals surface area contributed by atoms with Gasteiger partial charge in [0.2, 0.25) is 12.7 Å². The summed E-state index contributed by atoms with van der Waals surface area (Å²) in [7, 11) is -3.66. The molecule has 0 aliphatic carbocycles. The average molecular weight is 429 g/mol. The van der Waals surface area contributed by atoms with Gasteiger partial charge in [-0.3, -0.25) is 14.5 Å². The number of nitrogens with zero attached hydrogens (tertiary/aromatic N) is 1. The quantitative estimate of drug-likeness (QED) is 0.732. The summed E-state index contributed by atoms with van der Waals surface area (Å²) in [5.41, 5.74) is 1.35. The van der Waals surface area contributed by atoms with Crippen LogP contribution in [0.5, 0.6) is 11.5 Å². The van der Waals surface area contributed by atoms with Gasteiger partial charge in [-0.2, -0.15) is 0 Å². The molecule has 2 aliphatic rings. The van der Waals surface area contributed by atoms with E-state index in [1.165, 1.54) is 6.07 Å². The van der Waals surface area contributed by atoms with Crippen molar-refractivity contribution in [3.8, 4) is 11.5 Å². The molecule has 0 bridgehead atoms. The molecule has 0 saturated carbocycles. The minimum Gasteiger partial charge on any atom is -0.454 e. The normalized spacial score (nSPS) is 19.1. The van der Waals surface area contributed by atoms with E-state index in [-0.39, 0.29) is 29.3 Å². The van der Waals surface area contributed by atoms with Crippen molar-refractivity contribution in [2.75, 3.05) is 6.79 Å². The Kier molecular flexibility index (Phi) is 5.38. The maximum Gasteiger partial charge on any atom is 0.263 e. The molecular weight excluding hydrogens is 406 g/mol. The summed E-state index contributed by atoms with van der Waals surface area (Å²) in [5.74, 6) is 1.19. The topological polar surface area (TPSA) is 106 Å². The van der Waals surface area contributed by atoms with Gasteiger partial charge in [-0.05, 0) is 35.7 Å². The number of benzene rings is 2. The van der Waals surface area contributed by atoms with Crippen LogP contribution >= 0.6 is 0 Å².